The summed E-state index contributed by atoms with van der Waals surface area (Å²) in [5.74, 6) is -0.608. The number of hydrogen-bond acceptors (Lipinski definition) is 4. The van der Waals surface area contributed by atoms with Crippen molar-refractivity contribution < 1.29 is 22.8 Å². The number of rotatable bonds is 9. The van der Waals surface area contributed by atoms with E-state index < -0.39 is 34.8 Å². The van der Waals surface area contributed by atoms with E-state index in [0.717, 1.165) is 27.7 Å². The number of amides is 3. The van der Waals surface area contributed by atoms with Gasteiger partial charge in [-0.25, -0.2) is 9.69 Å². The molecule has 0 spiro atoms. The van der Waals surface area contributed by atoms with E-state index in [1.165, 1.54) is 17.0 Å². The van der Waals surface area contributed by atoms with E-state index in [4.69, 9.17) is 0 Å². The highest BCUT2D eigenvalue weighted by molar-refractivity contribution is 6.23. The molecule has 0 bridgehead atoms. The van der Waals surface area contributed by atoms with Gasteiger partial charge in [0.15, 0.2) is 0 Å². The maximum absolute atomic E-state index is 13.8. The average Bonchev–Trinajstić information content (AvgIpc) is 3.10. The van der Waals surface area contributed by atoms with Crippen molar-refractivity contribution in [3.63, 3.8) is 0 Å². The molecule has 3 aromatic rings. The van der Waals surface area contributed by atoms with E-state index in [-0.39, 0.29) is 18.7 Å². The first-order valence-electron chi connectivity index (χ1n) is 12.7. The Hall–Kier alpha value is -4.16. The summed E-state index contributed by atoms with van der Waals surface area (Å²) in [7, 11) is 0. The summed E-state index contributed by atoms with van der Waals surface area (Å²) in [6.45, 7) is 4.77. The predicted molar refractivity (Wildman–Crippen MR) is 142 cm³/mol. The Balaban J connectivity index is 1.74. The lowest BCUT2D eigenvalue weighted by molar-refractivity contribution is -0.137. The van der Waals surface area contributed by atoms with Crippen molar-refractivity contribution in [1.29, 1.82) is 5.26 Å². The van der Waals surface area contributed by atoms with Crippen molar-refractivity contribution in [2.24, 2.45) is 0 Å². The van der Waals surface area contributed by atoms with Gasteiger partial charge in [0.1, 0.15) is 5.54 Å². The number of urea groups is 1. The number of hydrogen-bond donors (Lipinski definition) is 1. The van der Waals surface area contributed by atoms with Gasteiger partial charge in [0.25, 0.3) is 5.91 Å². The molecule has 0 aromatic heterocycles. The predicted octanol–water partition coefficient (Wildman–Crippen LogP) is 5.89. The topological polar surface area (TPSA) is 76.4 Å². The van der Waals surface area contributed by atoms with Crippen molar-refractivity contribution in [2.75, 3.05) is 18.0 Å². The minimum atomic E-state index is -4.82. The number of carbonyl (C=O) groups is 2. The first-order valence-corrected chi connectivity index (χ1v) is 12.7. The van der Waals surface area contributed by atoms with Gasteiger partial charge in [-0.15, -0.1) is 0 Å². The molecule has 1 unspecified atom stereocenters. The van der Waals surface area contributed by atoms with Crippen LogP contribution < -0.4 is 10.2 Å². The third-order valence-corrected chi connectivity index (χ3v) is 7.09. The molecule has 1 aliphatic rings. The Morgan fingerprint density at radius 1 is 0.974 bits per heavy atom. The normalized spacial score (nSPS) is 17.5. The number of alkyl halides is 3. The number of anilines is 1. The zero-order valence-corrected chi connectivity index (χ0v) is 21.8. The van der Waals surface area contributed by atoms with Gasteiger partial charge in [0, 0.05) is 6.54 Å². The lowest BCUT2D eigenvalue weighted by atomic mass is 9.93. The smallest absolute Gasteiger partial charge is 0.317 e. The highest BCUT2D eigenvalue weighted by Crippen LogP contribution is 2.39. The van der Waals surface area contributed by atoms with Crippen molar-refractivity contribution in [3.05, 3.63) is 101 Å². The monoisotopic (exact) mass is 534 g/mol. The molecule has 0 saturated carbocycles. The maximum atomic E-state index is 13.8. The Kier molecular flexibility index (Phi) is 8.07. The second-order valence-electron chi connectivity index (χ2n) is 9.66. The first kappa shape index (κ1) is 27.9. The summed E-state index contributed by atoms with van der Waals surface area (Å²) in [5.41, 5.74) is -0.375. The SMILES string of the molecule is CCNCCC1(C)C(=O)N(c2ccc(C#N)c(C(F)(F)F)c2)C(=O)N1Cc1ccccc1Cc1ccccc1. The molecule has 1 N–H and O–H groups in total. The number of benzene rings is 3. The lowest BCUT2D eigenvalue weighted by Gasteiger charge is -2.32. The fourth-order valence-electron chi connectivity index (χ4n) is 4.87. The van der Waals surface area contributed by atoms with Gasteiger partial charge in [-0.1, -0.05) is 61.5 Å². The quantitative estimate of drug-likeness (QED) is 0.274. The highest BCUT2D eigenvalue weighted by atomic mass is 19.4. The molecule has 6 nitrogen and oxygen atoms in total. The third kappa shape index (κ3) is 5.66. The van der Waals surface area contributed by atoms with Gasteiger partial charge in [0.05, 0.1) is 22.9 Å². The lowest BCUT2D eigenvalue weighted by Crippen LogP contribution is -2.48. The zero-order chi connectivity index (χ0) is 28.2. The molecule has 1 fully saturated rings. The molecule has 1 saturated heterocycles. The largest absolute Gasteiger partial charge is 0.417 e. The van der Waals surface area contributed by atoms with Crippen LogP contribution >= 0.6 is 0 Å². The van der Waals surface area contributed by atoms with Crippen LogP contribution in [0.15, 0.2) is 72.8 Å². The second kappa shape index (κ2) is 11.3. The molecule has 1 aliphatic heterocycles. The van der Waals surface area contributed by atoms with E-state index in [1.54, 1.807) is 6.92 Å². The Morgan fingerprint density at radius 2 is 1.64 bits per heavy atom. The van der Waals surface area contributed by atoms with Gasteiger partial charge >= 0.3 is 12.2 Å². The zero-order valence-electron chi connectivity index (χ0n) is 21.8. The van der Waals surface area contributed by atoms with Crippen LogP contribution in [0.3, 0.4) is 0 Å². The Morgan fingerprint density at radius 3 is 2.28 bits per heavy atom. The number of imide groups is 1. The van der Waals surface area contributed by atoms with Gasteiger partial charge in [-0.3, -0.25) is 4.79 Å². The number of nitriles is 1. The van der Waals surface area contributed by atoms with Crippen LogP contribution in [0.1, 0.15) is 48.1 Å². The summed E-state index contributed by atoms with van der Waals surface area (Å²) in [4.78, 5) is 29.9. The Bertz CT molecular complexity index is 1400. The molecule has 0 radical (unpaired) electrons. The van der Waals surface area contributed by atoms with Crippen LogP contribution in [0.5, 0.6) is 0 Å². The molecule has 3 amide bonds. The molecular formula is C30H29F3N4O2. The average molecular weight is 535 g/mol. The van der Waals surface area contributed by atoms with E-state index >= 15 is 0 Å². The first-order chi connectivity index (χ1) is 18.6. The number of nitrogens with one attached hydrogen (secondary N) is 1. The van der Waals surface area contributed by atoms with E-state index in [1.807, 2.05) is 61.5 Å². The van der Waals surface area contributed by atoms with Crippen LogP contribution in [0, 0.1) is 11.3 Å². The van der Waals surface area contributed by atoms with Gasteiger partial charge in [0.2, 0.25) is 0 Å². The van der Waals surface area contributed by atoms with E-state index in [2.05, 4.69) is 5.32 Å². The van der Waals surface area contributed by atoms with E-state index in [0.29, 0.717) is 25.6 Å². The molecule has 0 aliphatic carbocycles. The summed E-state index contributed by atoms with van der Waals surface area (Å²) in [5, 5.41) is 12.3. The van der Waals surface area contributed by atoms with Crippen molar-refractivity contribution in [3.8, 4) is 6.07 Å². The maximum Gasteiger partial charge on any atom is 0.417 e. The van der Waals surface area contributed by atoms with Crippen LogP contribution in [-0.2, 0) is 23.9 Å². The van der Waals surface area contributed by atoms with Crippen molar-refractivity contribution in [1.82, 2.24) is 10.2 Å². The standard InChI is InChI=1S/C30H29F3N4O2/c1-3-35-16-15-29(2)27(38)37(25-14-13-23(19-34)26(18-25)30(31,32)33)28(39)36(29)20-24-12-8-7-11-22(24)17-21-9-5-4-6-10-21/h4-14,18,35H,3,15-17,20H2,1-2H3. The van der Waals surface area contributed by atoms with Gasteiger partial charge in [-0.2, -0.15) is 18.4 Å². The summed E-state index contributed by atoms with van der Waals surface area (Å²) in [6, 6.07) is 21.2. The molecule has 1 atom stereocenters. The second-order valence-corrected chi connectivity index (χ2v) is 9.66. The van der Waals surface area contributed by atoms with Gasteiger partial charge in [-0.05, 0) is 67.7 Å². The highest BCUT2D eigenvalue weighted by Gasteiger charge is 2.54. The number of halogens is 3. The molecule has 3 aromatic carbocycles. The van der Waals surface area contributed by atoms with E-state index in [9.17, 15) is 28.0 Å². The number of nitrogens with zero attached hydrogens (tertiary/aromatic N) is 3. The summed E-state index contributed by atoms with van der Waals surface area (Å²) < 4.78 is 41.1. The third-order valence-electron chi connectivity index (χ3n) is 7.09. The molecule has 39 heavy (non-hydrogen) atoms. The fraction of sp³-hybridized carbons (Fsp3) is 0.300. The van der Waals surface area contributed by atoms with Crippen molar-refractivity contribution in [2.45, 2.75) is 44.9 Å². The van der Waals surface area contributed by atoms with Crippen LogP contribution in [0.2, 0.25) is 0 Å². The fourth-order valence-corrected chi connectivity index (χ4v) is 4.87. The molecule has 9 heteroatoms. The molecular weight excluding hydrogens is 505 g/mol. The Labute approximate surface area is 225 Å². The molecule has 4 rings (SSSR count). The minimum Gasteiger partial charge on any atom is -0.317 e. The summed E-state index contributed by atoms with van der Waals surface area (Å²) >= 11 is 0. The van der Waals surface area contributed by atoms with Crippen LogP contribution in [0.4, 0.5) is 23.7 Å². The molecule has 202 valence electrons. The minimum absolute atomic E-state index is 0.106. The number of carbonyl (C=O) groups excluding carboxylic acids is 2. The molecule has 1 heterocycles. The summed E-state index contributed by atoms with van der Waals surface area (Å²) in [6.07, 6.45) is -3.93. The van der Waals surface area contributed by atoms with Crippen LogP contribution in [-0.4, -0.2) is 35.5 Å². The van der Waals surface area contributed by atoms with Gasteiger partial charge < -0.3 is 10.2 Å². The van der Waals surface area contributed by atoms with Crippen molar-refractivity contribution >= 4 is 17.6 Å². The van der Waals surface area contributed by atoms with Crippen LogP contribution in [0.25, 0.3) is 0 Å².